The summed E-state index contributed by atoms with van der Waals surface area (Å²) in [6.45, 7) is 0.0487. The predicted molar refractivity (Wildman–Crippen MR) is 163 cm³/mol. The molecule has 2 amide bonds. The number of benzene rings is 3. The van der Waals surface area contributed by atoms with Crippen LogP contribution in [0, 0.1) is 11.7 Å². The predicted octanol–water partition coefficient (Wildman–Crippen LogP) is 4.23. The van der Waals surface area contributed by atoms with Crippen molar-refractivity contribution in [3.63, 3.8) is 0 Å². The highest BCUT2D eigenvalue weighted by Gasteiger charge is 2.69. The van der Waals surface area contributed by atoms with Crippen LogP contribution < -0.4 is 16.8 Å². The maximum absolute atomic E-state index is 14.9. The number of phenols is 1. The topological polar surface area (TPSA) is 119 Å². The SMILES string of the molecule is Cn1c(=O)n2n(c1=O)[C@@H]1C[C@H]3C(=O)N(Nc4ccc(F)cc4)C(=O)[C@@]3(c3ccc(Cl)cc3)[C@@H](c3cc(Br)ccc3O)C1=CC2. The highest BCUT2D eigenvalue weighted by Crippen LogP contribution is 2.62. The number of carbonyl (C=O) groups is 2. The van der Waals surface area contributed by atoms with Crippen molar-refractivity contribution in [3.8, 4) is 5.75 Å². The Balaban J connectivity index is 1.52. The van der Waals surface area contributed by atoms with Crippen LogP contribution in [-0.4, -0.2) is 35.9 Å². The Morgan fingerprint density at radius 1 is 1.00 bits per heavy atom. The lowest BCUT2D eigenvalue weighted by atomic mass is 9.53. The highest BCUT2D eigenvalue weighted by molar-refractivity contribution is 9.10. The average molecular weight is 681 g/mol. The van der Waals surface area contributed by atoms with Gasteiger partial charge < -0.3 is 5.11 Å². The quantitative estimate of drug-likeness (QED) is 0.246. The number of hydrazine groups is 1. The van der Waals surface area contributed by atoms with E-state index in [1.54, 1.807) is 42.5 Å². The van der Waals surface area contributed by atoms with E-state index in [-0.39, 0.29) is 18.7 Å². The number of aromatic nitrogens is 3. The molecule has 224 valence electrons. The Labute approximate surface area is 262 Å². The Kier molecular flexibility index (Phi) is 6.49. The van der Waals surface area contributed by atoms with Gasteiger partial charge in [-0.1, -0.05) is 45.7 Å². The van der Waals surface area contributed by atoms with Gasteiger partial charge in [0.05, 0.1) is 29.6 Å². The molecule has 0 unspecified atom stereocenters. The van der Waals surface area contributed by atoms with Crippen molar-refractivity contribution in [1.82, 2.24) is 18.9 Å². The number of imide groups is 1. The molecule has 10 nitrogen and oxygen atoms in total. The lowest BCUT2D eigenvalue weighted by Gasteiger charge is -2.49. The summed E-state index contributed by atoms with van der Waals surface area (Å²) in [6, 6.07) is 16.0. The largest absolute Gasteiger partial charge is 0.508 e. The molecule has 3 aliphatic rings. The van der Waals surface area contributed by atoms with Gasteiger partial charge in [0.2, 0.25) is 0 Å². The van der Waals surface area contributed by atoms with Crippen LogP contribution in [0.5, 0.6) is 5.75 Å². The fraction of sp³-hybridized carbons (Fsp3) is 0.226. The van der Waals surface area contributed by atoms with Gasteiger partial charge in [0.25, 0.3) is 11.8 Å². The van der Waals surface area contributed by atoms with E-state index in [2.05, 4.69) is 21.4 Å². The zero-order valence-corrected chi connectivity index (χ0v) is 25.4. The summed E-state index contributed by atoms with van der Waals surface area (Å²) in [5.74, 6) is -3.76. The number of rotatable bonds is 4. The van der Waals surface area contributed by atoms with Crippen molar-refractivity contribution < 1.29 is 19.1 Å². The fourth-order valence-electron chi connectivity index (χ4n) is 7.13. The first kappa shape index (κ1) is 28.4. The van der Waals surface area contributed by atoms with Gasteiger partial charge in [0, 0.05) is 28.0 Å². The summed E-state index contributed by atoms with van der Waals surface area (Å²) >= 11 is 9.76. The number of carbonyl (C=O) groups excluding carboxylic acids is 2. The van der Waals surface area contributed by atoms with Crippen LogP contribution in [0.2, 0.25) is 5.02 Å². The number of amides is 2. The van der Waals surface area contributed by atoms with E-state index in [1.165, 1.54) is 46.7 Å². The molecule has 0 bridgehead atoms. The molecule has 1 aromatic heterocycles. The van der Waals surface area contributed by atoms with E-state index in [1.807, 2.05) is 0 Å². The minimum atomic E-state index is -1.60. The van der Waals surface area contributed by atoms with Gasteiger partial charge in [-0.25, -0.2) is 27.9 Å². The van der Waals surface area contributed by atoms with E-state index < -0.39 is 52.3 Å². The van der Waals surface area contributed by atoms with Gasteiger partial charge in [-0.3, -0.25) is 15.0 Å². The molecule has 2 fully saturated rings. The monoisotopic (exact) mass is 679 g/mol. The fourth-order valence-corrected chi connectivity index (χ4v) is 7.63. The zero-order chi connectivity index (χ0) is 31.1. The Morgan fingerprint density at radius 3 is 2.41 bits per heavy atom. The third-order valence-electron chi connectivity index (χ3n) is 9.01. The molecular formula is C31H24BrClFN5O5. The standard InChI is InChI=1S/C31H24BrClFN5O5/c1-36-29(43)37-13-12-21-24(39(37)30(36)44)15-23-27(41)38(35-20-9-7-19(34)8-10-20)28(42)31(23,16-2-5-18(33)6-3-16)26(21)22-14-17(32)4-11-25(22)40/h2-12,14,23-24,26,35,40H,13,15H2,1H3/t23-,24+,26+,31+/m0/s1. The molecule has 0 spiro atoms. The number of anilines is 1. The third-order valence-corrected chi connectivity index (χ3v) is 9.76. The Morgan fingerprint density at radius 2 is 1.70 bits per heavy atom. The lowest BCUT2D eigenvalue weighted by Crippen LogP contribution is -2.53. The molecule has 1 saturated heterocycles. The summed E-state index contributed by atoms with van der Waals surface area (Å²) in [5, 5.41) is 12.7. The average Bonchev–Trinajstić information content (AvgIpc) is 3.36. The zero-order valence-electron chi connectivity index (χ0n) is 23.1. The van der Waals surface area contributed by atoms with Crippen LogP contribution in [0.1, 0.15) is 29.5 Å². The Bertz CT molecular complexity index is 2020. The molecule has 3 heterocycles. The van der Waals surface area contributed by atoms with Gasteiger partial charge in [0.15, 0.2) is 0 Å². The maximum Gasteiger partial charge on any atom is 0.347 e. The third kappa shape index (κ3) is 3.90. The van der Waals surface area contributed by atoms with Gasteiger partial charge >= 0.3 is 11.4 Å². The second-order valence-electron chi connectivity index (χ2n) is 11.2. The molecule has 0 radical (unpaired) electrons. The summed E-state index contributed by atoms with van der Waals surface area (Å²) in [5.41, 5.74) is 1.98. The lowest BCUT2D eigenvalue weighted by molar-refractivity contribution is -0.138. The molecule has 1 saturated carbocycles. The van der Waals surface area contributed by atoms with Crippen LogP contribution in [0.3, 0.4) is 0 Å². The molecule has 4 aromatic rings. The van der Waals surface area contributed by atoms with Crippen LogP contribution in [0.25, 0.3) is 0 Å². The number of phenolic OH excluding ortho intramolecular Hbond substituents is 1. The first-order chi connectivity index (χ1) is 21.0. The second-order valence-corrected chi connectivity index (χ2v) is 12.5. The molecule has 7 rings (SSSR count). The molecule has 2 aliphatic heterocycles. The molecule has 1 aliphatic carbocycles. The Hall–Kier alpha value is -4.42. The van der Waals surface area contributed by atoms with Gasteiger partial charge in [-0.2, -0.15) is 5.01 Å². The summed E-state index contributed by atoms with van der Waals surface area (Å²) < 4.78 is 18.0. The molecular weight excluding hydrogens is 657 g/mol. The van der Waals surface area contributed by atoms with Crippen molar-refractivity contribution >= 4 is 45.0 Å². The van der Waals surface area contributed by atoms with Crippen molar-refractivity contribution in [2.45, 2.75) is 30.3 Å². The number of nitrogens with one attached hydrogen (secondary N) is 1. The number of hydrogen-bond donors (Lipinski definition) is 2. The van der Waals surface area contributed by atoms with Crippen LogP contribution in [-0.2, 0) is 28.6 Å². The molecule has 4 atom stereocenters. The molecule has 3 aromatic carbocycles. The van der Waals surface area contributed by atoms with Crippen molar-refractivity contribution in [3.05, 3.63) is 126 Å². The first-order valence-corrected chi connectivity index (χ1v) is 14.9. The van der Waals surface area contributed by atoms with Crippen LogP contribution in [0.15, 0.2) is 92.4 Å². The molecule has 13 heteroatoms. The van der Waals surface area contributed by atoms with Crippen LogP contribution >= 0.6 is 27.5 Å². The number of halogens is 3. The number of nitrogens with zero attached hydrogens (tertiary/aromatic N) is 4. The summed E-state index contributed by atoms with van der Waals surface area (Å²) in [6.07, 6.45) is 1.81. The minimum Gasteiger partial charge on any atom is -0.508 e. The van der Waals surface area contributed by atoms with Crippen molar-refractivity contribution in [2.75, 3.05) is 5.43 Å². The maximum atomic E-state index is 14.9. The smallest absolute Gasteiger partial charge is 0.347 e. The summed E-state index contributed by atoms with van der Waals surface area (Å²) in [4.78, 5) is 55.7. The number of allylic oxidation sites excluding steroid dienone is 2. The van der Waals surface area contributed by atoms with Gasteiger partial charge in [0.1, 0.15) is 11.6 Å². The minimum absolute atomic E-state index is 0.00918. The van der Waals surface area contributed by atoms with E-state index >= 15 is 0 Å². The van der Waals surface area contributed by atoms with E-state index in [0.717, 1.165) is 9.58 Å². The second kappa shape index (κ2) is 10.1. The van der Waals surface area contributed by atoms with Gasteiger partial charge in [-0.15, -0.1) is 0 Å². The van der Waals surface area contributed by atoms with E-state index in [9.17, 15) is 28.7 Å². The van der Waals surface area contributed by atoms with Gasteiger partial charge in [-0.05, 0) is 72.2 Å². The van der Waals surface area contributed by atoms with E-state index in [4.69, 9.17) is 11.6 Å². The molecule has 2 N–H and O–H groups in total. The normalized spacial score (nSPS) is 24.0. The number of hydrogen-bond acceptors (Lipinski definition) is 6. The summed E-state index contributed by atoms with van der Waals surface area (Å²) in [7, 11) is 1.39. The highest BCUT2D eigenvalue weighted by atomic mass is 79.9. The van der Waals surface area contributed by atoms with E-state index in [0.29, 0.717) is 31.9 Å². The number of fused-ring (bicyclic) bond motifs is 4. The molecule has 44 heavy (non-hydrogen) atoms. The van der Waals surface area contributed by atoms with Crippen molar-refractivity contribution in [1.29, 1.82) is 0 Å². The first-order valence-electron chi connectivity index (χ1n) is 13.8. The van der Waals surface area contributed by atoms with Crippen LogP contribution in [0.4, 0.5) is 10.1 Å². The van der Waals surface area contributed by atoms with Crippen molar-refractivity contribution in [2.24, 2.45) is 13.0 Å². The number of aromatic hydroxyl groups is 1.